The van der Waals surface area contributed by atoms with Crippen LogP contribution in [0.25, 0.3) is 0 Å². The van der Waals surface area contributed by atoms with Crippen molar-refractivity contribution in [3.05, 3.63) is 202 Å². The summed E-state index contributed by atoms with van der Waals surface area (Å²) >= 11 is 0. The van der Waals surface area contributed by atoms with Gasteiger partial charge in [-0.05, 0) is 61.1 Å². The minimum atomic E-state index is -4.35. The molecule has 1 aliphatic carbocycles. The molecule has 288 valence electrons. The number of rotatable bonds is 12. The van der Waals surface area contributed by atoms with Gasteiger partial charge in [0.25, 0.3) is 0 Å². The topological polar surface area (TPSA) is 133 Å². The molecular formula is C46H46N2O6S2. The molecule has 1 saturated carbocycles. The van der Waals surface area contributed by atoms with Crippen molar-refractivity contribution in [2.24, 2.45) is 0 Å². The molecule has 0 heterocycles. The number of sulfonamides is 2. The highest BCUT2D eigenvalue weighted by atomic mass is 32.2. The van der Waals surface area contributed by atoms with E-state index in [-0.39, 0.29) is 20.9 Å². The molecule has 4 N–H and O–H groups in total. The van der Waals surface area contributed by atoms with E-state index in [1.807, 2.05) is 38.1 Å². The zero-order valence-corrected chi connectivity index (χ0v) is 33.0. The number of benzene rings is 6. The van der Waals surface area contributed by atoms with Crippen LogP contribution in [0.3, 0.4) is 0 Å². The molecule has 6 aromatic rings. The Bertz CT molecular complexity index is 2260. The second-order valence-electron chi connectivity index (χ2n) is 14.6. The summed E-state index contributed by atoms with van der Waals surface area (Å²) in [6, 6.07) is 43.9. The van der Waals surface area contributed by atoms with E-state index >= 15 is 0 Å². The van der Waals surface area contributed by atoms with Crippen LogP contribution in [0.2, 0.25) is 0 Å². The Morgan fingerprint density at radius 1 is 0.464 bits per heavy atom. The predicted octanol–water partition coefficient (Wildman–Crippen LogP) is 7.44. The van der Waals surface area contributed by atoms with Crippen molar-refractivity contribution in [1.29, 1.82) is 0 Å². The van der Waals surface area contributed by atoms with E-state index < -0.39 is 43.3 Å². The molecule has 0 spiro atoms. The third-order valence-corrected chi connectivity index (χ3v) is 13.9. The van der Waals surface area contributed by atoms with E-state index in [9.17, 15) is 27.0 Å². The predicted molar refractivity (Wildman–Crippen MR) is 219 cm³/mol. The van der Waals surface area contributed by atoms with Crippen molar-refractivity contribution in [2.45, 2.75) is 72.6 Å². The second kappa shape index (κ2) is 15.9. The number of hydrogen-bond donors (Lipinski definition) is 4. The van der Waals surface area contributed by atoms with Crippen molar-refractivity contribution in [2.75, 3.05) is 0 Å². The van der Waals surface area contributed by atoms with Crippen molar-refractivity contribution < 1.29 is 27.0 Å². The van der Waals surface area contributed by atoms with Crippen molar-refractivity contribution >= 4 is 20.0 Å². The average molecular weight is 787 g/mol. The highest BCUT2D eigenvalue weighted by molar-refractivity contribution is 7.90. The van der Waals surface area contributed by atoms with Gasteiger partial charge in [-0.2, -0.15) is 0 Å². The molecule has 8 nitrogen and oxygen atoms in total. The minimum Gasteiger partial charge on any atom is -0.376 e. The second-order valence-corrected chi connectivity index (χ2v) is 18.0. The fourth-order valence-electron chi connectivity index (χ4n) is 7.93. The van der Waals surface area contributed by atoms with Crippen LogP contribution in [-0.2, 0) is 31.2 Å². The van der Waals surface area contributed by atoms with Gasteiger partial charge in [0, 0.05) is 23.2 Å². The summed E-state index contributed by atoms with van der Waals surface area (Å²) in [5.74, 6) is 0. The van der Waals surface area contributed by atoms with Crippen LogP contribution in [0.15, 0.2) is 168 Å². The van der Waals surface area contributed by atoms with Gasteiger partial charge < -0.3 is 10.2 Å². The lowest BCUT2D eigenvalue weighted by Crippen LogP contribution is -2.53. The summed E-state index contributed by atoms with van der Waals surface area (Å²) in [6.07, 6.45) is 2.13. The van der Waals surface area contributed by atoms with Crippen LogP contribution < -0.4 is 9.44 Å². The monoisotopic (exact) mass is 786 g/mol. The van der Waals surface area contributed by atoms with Crippen molar-refractivity contribution in [3.63, 3.8) is 0 Å². The maximum absolute atomic E-state index is 14.6. The standard InChI is InChI=1S/C46H46N2O6S2/c1-33-27-29-43(39(31-33)45(49,35-17-7-3-8-18-35)36-19-9-4-10-20-36)55(51,52)47-41-25-15-16-26-42(41)48-56(53,54)44-30-28-34(2)32-40(44)46(50,37-21-11-5-12-22-37)38-23-13-6-14-24-38/h3-14,17-24,27-32,41-42,47-50H,15-16,25-26H2,1-2H3/t41-,42-/m1/s1. The smallest absolute Gasteiger partial charge is 0.241 e. The molecule has 56 heavy (non-hydrogen) atoms. The molecule has 10 heteroatoms. The zero-order chi connectivity index (χ0) is 39.6. The molecule has 0 amide bonds. The first-order valence-electron chi connectivity index (χ1n) is 18.8. The molecule has 0 aromatic heterocycles. The Labute approximate surface area is 330 Å². The third kappa shape index (κ3) is 7.61. The summed E-state index contributed by atoms with van der Waals surface area (Å²) in [5, 5.41) is 25.4. The fourth-order valence-corrected chi connectivity index (χ4v) is 11.0. The minimum absolute atomic E-state index is 0.109. The molecule has 1 fully saturated rings. The van der Waals surface area contributed by atoms with Crippen LogP contribution in [0, 0.1) is 13.8 Å². The van der Waals surface area contributed by atoms with E-state index in [1.54, 1.807) is 121 Å². The fraction of sp³-hybridized carbons (Fsp3) is 0.217. The van der Waals surface area contributed by atoms with E-state index in [1.165, 1.54) is 12.1 Å². The van der Waals surface area contributed by atoms with Crippen LogP contribution in [0.5, 0.6) is 0 Å². The summed E-state index contributed by atoms with van der Waals surface area (Å²) in [4.78, 5) is -0.218. The molecule has 6 aromatic carbocycles. The SMILES string of the molecule is Cc1ccc(S(=O)(=O)N[C@@H]2CCCC[C@H]2NS(=O)(=O)c2ccc(C)cc2C(O)(c2ccccc2)c2ccccc2)c(C(O)(c2ccccc2)c2ccccc2)c1. The van der Waals surface area contributed by atoms with Gasteiger partial charge in [-0.3, -0.25) is 0 Å². The van der Waals surface area contributed by atoms with Crippen molar-refractivity contribution in [1.82, 2.24) is 9.44 Å². The zero-order valence-electron chi connectivity index (χ0n) is 31.3. The molecular weight excluding hydrogens is 741 g/mol. The highest BCUT2D eigenvalue weighted by Crippen LogP contribution is 2.42. The molecule has 0 bridgehead atoms. The lowest BCUT2D eigenvalue weighted by molar-refractivity contribution is 0.122. The van der Waals surface area contributed by atoms with Crippen molar-refractivity contribution in [3.8, 4) is 0 Å². The maximum Gasteiger partial charge on any atom is 0.241 e. The quantitative estimate of drug-likeness (QED) is 0.0955. The van der Waals surface area contributed by atoms with Crippen LogP contribution in [-0.4, -0.2) is 39.1 Å². The van der Waals surface area contributed by atoms with Gasteiger partial charge in [0.15, 0.2) is 0 Å². The number of hydrogen-bond acceptors (Lipinski definition) is 6. The van der Waals surface area contributed by atoms with Gasteiger partial charge >= 0.3 is 0 Å². The van der Waals surface area contributed by atoms with Crippen LogP contribution in [0.4, 0.5) is 0 Å². The molecule has 0 radical (unpaired) electrons. The number of aliphatic hydroxyl groups is 2. The maximum atomic E-state index is 14.6. The summed E-state index contributed by atoms with van der Waals surface area (Å²) in [6.45, 7) is 3.68. The first kappa shape index (κ1) is 39.3. The van der Waals surface area contributed by atoms with Crippen LogP contribution >= 0.6 is 0 Å². The highest BCUT2D eigenvalue weighted by Gasteiger charge is 2.42. The lowest BCUT2D eigenvalue weighted by Gasteiger charge is -2.35. The van der Waals surface area contributed by atoms with Gasteiger partial charge in [-0.15, -0.1) is 0 Å². The normalized spacial score (nSPS) is 16.7. The van der Waals surface area contributed by atoms with E-state index in [4.69, 9.17) is 0 Å². The Hall–Kier alpha value is -4.94. The number of nitrogens with one attached hydrogen (secondary N) is 2. The largest absolute Gasteiger partial charge is 0.376 e. The van der Waals surface area contributed by atoms with Gasteiger partial charge in [0.2, 0.25) is 20.0 Å². The lowest BCUT2D eigenvalue weighted by atomic mass is 9.80. The van der Waals surface area contributed by atoms with Crippen LogP contribution in [0.1, 0.15) is 70.2 Å². The molecule has 0 aliphatic heterocycles. The first-order chi connectivity index (χ1) is 26.8. The summed E-state index contributed by atoms with van der Waals surface area (Å²) < 4.78 is 64.2. The first-order valence-corrected chi connectivity index (χ1v) is 21.7. The third-order valence-electron chi connectivity index (χ3n) is 10.8. The summed E-state index contributed by atoms with van der Waals surface area (Å²) in [7, 11) is -8.71. The summed E-state index contributed by atoms with van der Waals surface area (Å²) in [5.41, 5.74) is 0.201. The van der Waals surface area contributed by atoms with E-state index in [0.717, 1.165) is 11.1 Å². The Morgan fingerprint density at radius 2 is 0.750 bits per heavy atom. The average Bonchev–Trinajstić information content (AvgIpc) is 3.22. The van der Waals surface area contributed by atoms with Gasteiger partial charge in [0.1, 0.15) is 11.2 Å². The van der Waals surface area contributed by atoms with Gasteiger partial charge in [-0.1, -0.05) is 170 Å². The van der Waals surface area contributed by atoms with Gasteiger partial charge in [-0.25, -0.2) is 26.3 Å². The van der Waals surface area contributed by atoms with Gasteiger partial charge in [0.05, 0.1) is 9.79 Å². The Kier molecular flexibility index (Phi) is 11.2. The van der Waals surface area contributed by atoms with E-state index in [0.29, 0.717) is 47.9 Å². The molecule has 1 aliphatic rings. The Morgan fingerprint density at radius 3 is 1.04 bits per heavy atom. The molecule has 0 saturated heterocycles. The number of aryl methyl sites for hydroxylation is 2. The Balaban J connectivity index is 1.27. The molecule has 0 unspecified atom stereocenters. The molecule has 7 rings (SSSR count). The van der Waals surface area contributed by atoms with E-state index in [2.05, 4.69) is 9.44 Å². The molecule has 2 atom stereocenters.